The van der Waals surface area contributed by atoms with Gasteiger partial charge in [0.15, 0.2) is 5.76 Å². The van der Waals surface area contributed by atoms with E-state index in [1.54, 1.807) is 30.5 Å². The number of carbonyl (C=O) groups excluding carboxylic acids is 1. The molecule has 0 aliphatic rings. The Labute approximate surface area is 127 Å². The summed E-state index contributed by atoms with van der Waals surface area (Å²) in [5.41, 5.74) is 1.75. The molecule has 0 fully saturated rings. The quantitative estimate of drug-likeness (QED) is 0.783. The molecule has 0 radical (unpaired) electrons. The average Bonchev–Trinajstić information content (AvgIpc) is 3.19. The molecule has 0 aliphatic carbocycles. The van der Waals surface area contributed by atoms with E-state index in [-0.39, 0.29) is 5.91 Å². The molecule has 3 aromatic rings. The second-order valence-corrected chi connectivity index (χ2v) is 4.86. The van der Waals surface area contributed by atoms with Crippen LogP contribution in [0.3, 0.4) is 0 Å². The molecule has 1 aromatic carbocycles. The zero-order chi connectivity index (χ0) is 15.4. The molecular formula is C16H15N3O3. The van der Waals surface area contributed by atoms with E-state index in [4.69, 9.17) is 8.94 Å². The Hall–Kier alpha value is -2.89. The van der Waals surface area contributed by atoms with Crippen molar-refractivity contribution >= 4 is 5.91 Å². The molecule has 0 saturated carbocycles. The molecule has 6 nitrogen and oxygen atoms in total. The first-order valence-corrected chi connectivity index (χ1v) is 6.94. The number of hydrogen-bond donors (Lipinski definition) is 1. The number of benzene rings is 1. The summed E-state index contributed by atoms with van der Waals surface area (Å²) in [6.45, 7) is 2.40. The maximum atomic E-state index is 11.9. The van der Waals surface area contributed by atoms with E-state index in [9.17, 15) is 4.79 Å². The van der Waals surface area contributed by atoms with Crippen molar-refractivity contribution < 1.29 is 13.7 Å². The molecule has 2 heterocycles. The first kappa shape index (κ1) is 14.1. The number of furan rings is 1. The number of nitrogens with one attached hydrogen (secondary N) is 1. The fraction of sp³-hybridized carbons (Fsp3) is 0.188. The van der Waals surface area contributed by atoms with Crippen LogP contribution in [-0.4, -0.2) is 22.6 Å². The molecule has 0 unspecified atom stereocenters. The van der Waals surface area contributed by atoms with Crippen LogP contribution in [0.1, 0.15) is 21.8 Å². The minimum atomic E-state index is -0.120. The zero-order valence-electron chi connectivity index (χ0n) is 12.1. The first-order valence-electron chi connectivity index (χ1n) is 6.94. The summed E-state index contributed by atoms with van der Waals surface area (Å²) in [5, 5.41) is 6.65. The maximum Gasteiger partial charge on any atom is 0.251 e. The molecule has 0 saturated heterocycles. The van der Waals surface area contributed by atoms with Crippen LogP contribution in [0.5, 0.6) is 0 Å². The van der Waals surface area contributed by atoms with E-state index < -0.39 is 0 Å². The molecule has 22 heavy (non-hydrogen) atoms. The Kier molecular flexibility index (Phi) is 4.00. The van der Waals surface area contributed by atoms with Crippen molar-refractivity contribution in [3.8, 4) is 11.6 Å². The summed E-state index contributed by atoms with van der Waals surface area (Å²) >= 11 is 0. The van der Waals surface area contributed by atoms with Gasteiger partial charge in [0.1, 0.15) is 0 Å². The standard InChI is InChI=1S/C16H15N3O3/c1-11-4-6-12(7-5-11)16(20)17-9-8-14-18-15(19-22-14)13-3-2-10-21-13/h2-7,10H,8-9H2,1H3,(H,17,20). The van der Waals surface area contributed by atoms with Gasteiger partial charge in [0.25, 0.3) is 5.91 Å². The van der Waals surface area contributed by atoms with Gasteiger partial charge in [-0.2, -0.15) is 4.98 Å². The lowest BCUT2D eigenvalue weighted by molar-refractivity contribution is 0.0953. The first-order chi connectivity index (χ1) is 10.7. The largest absolute Gasteiger partial charge is 0.461 e. The van der Waals surface area contributed by atoms with Crippen molar-refractivity contribution in [3.05, 3.63) is 59.7 Å². The molecule has 0 aliphatic heterocycles. The fourth-order valence-corrected chi connectivity index (χ4v) is 1.95. The Balaban J connectivity index is 1.53. The van der Waals surface area contributed by atoms with E-state index >= 15 is 0 Å². The van der Waals surface area contributed by atoms with Crippen LogP contribution < -0.4 is 5.32 Å². The van der Waals surface area contributed by atoms with E-state index in [1.807, 2.05) is 19.1 Å². The van der Waals surface area contributed by atoms with Gasteiger partial charge in [0.05, 0.1) is 6.26 Å². The second-order valence-electron chi connectivity index (χ2n) is 4.86. The van der Waals surface area contributed by atoms with Crippen molar-refractivity contribution in [3.63, 3.8) is 0 Å². The van der Waals surface area contributed by atoms with Crippen LogP contribution in [0.25, 0.3) is 11.6 Å². The molecule has 0 bridgehead atoms. The minimum absolute atomic E-state index is 0.120. The number of aryl methyl sites for hydroxylation is 1. The van der Waals surface area contributed by atoms with Gasteiger partial charge < -0.3 is 14.3 Å². The van der Waals surface area contributed by atoms with Crippen molar-refractivity contribution in [1.82, 2.24) is 15.5 Å². The highest BCUT2D eigenvalue weighted by Crippen LogP contribution is 2.15. The molecular weight excluding hydrogens is 282 g/mol. The van der Waals surface area contributed by atoms with Crippen LogP contribution in [0.2, 0.25) is 0 Å². The molecule has 112 valence electrons. The number of amides is 1. The molecule has 3 rings (SSSR count). The maximum absolute atomic E-state index is 11.9. The SMILES string of the molecule is Cc1ccc(C(=O)NCCc2nc(-c3ccco3)no2)cc1. The minimum Gasteiger partial charge on any atom is -0.461 e. The molecule has 1 amide bonds. The Morgan fingerprint density at radius 3 is 2.77 bits per heavy atom. The summed E-state index contributed by atoms with van der Waals surface area (Å²) in [4.78, 5) is 16.2. The average molecular weight is 297 g/mol. The topological polar surface area (TPSA) is 81.2 Å². The van der Waals surface area contributed by atoms with Crippen molar-refractivity contribution in [2.24, 2.45) is 0 Å². The summed E-state index contributed by atoms with van der Waals surface area (Å²) in [6, 6.07) is 10.9. The number of carbonyl (C=O) groups is 1. The smallest absolute Gasteiger partial charge is 0.251 e. The van der Waals surface area contributed by atoms with Gasteiger partial charge in [0, 0.05) is 18.5 Å². The third-order valence-electron chi connectivity index (χ3n) is 3.15. The van der Waals surface area contributed by atoms with E-state index in [0.29, 0.717) is 36.0 Å². The van der Waals surface area contributed by atoms with Gasteiger partial charge in [-0.3, -0.25) is 4.79 Å². The summed E-state index contributed by atoms with van der Waals surface area (Å²) in [7, 11) is 0. The molecule has 0 spiro atoms. The van der Waals surface area contributed by atoms with Crippen LogP contribution in [-0.2, 0) is 6.42 Å². The van der Waals surface area contributed by atoms with Gasteiger partial charge in [-0.05, 0) is 31.2 Å². The monoisotopic (exact) mass is 297 g/mol. The number of hydrogen-bond acceptors (Lipinski definition) is 5. The third kappa shape index (κ3) is 3.22. The van der Waals surface area contributed by atoms with Crippen molar-refractivity contribution in [1.29, 1.82) is 0 Å². The normalized spacial score (nSPS) is 10.6. The predicted octanol–water partition coefficient (Wildman–Crippen LogP) is 2.61. The van der Waals surface area contributed by atoms with Gasteiger partial charge in [-0.1, -0.05) is 22.9 Å². The van der Waals surface area contributed by atoms with Crippen LogP contribution in [0, 0.1) is 6.92 Å². The molecule has 6 heteroatoms. The van der Waals surface area contributed by atoms with Crippen molar-refractivity contribution in [2.75, 3.05) is 6.54 Å². The zero-order valence-corrected chi connectivity index (χ0v) is 12.1. The Morgan fingerprint density at radius 2 is 2.05 bits per heavy atom. The Bertz CT molecular complexity index is 745. The number of aromatic nitrogens is 2. The summed E-state index contributed by atoms with van der Waals surface area (Å²) < 4.78 is 10.3. The molecule has 2 aromatic heterocycles. The van der Waals surface area contributed by atoms with E-state index in [2.05, 4.69) is 15.5 Å². The van der Waals surface area contributed by atoms with Gasteiger partial charge in [-0.25, -0.2) is 0 Å². The van der Waals surface area contributed by atoms with Gasteiger partial charge >= 0.3 is 0 Å². The highest BCUT2D eigenvalue weighted by Gasteiger charge is 2.11. The van der Waals surface area contributed by atoms with E-state index in [1.165, 1.54) is 0 Å². The van der Waals surface area contributed by atoms with Crippen LogP contribution >= 0.6 is 0 Å². The molecule has 1 N–H and O–H groups in total. The predicted molar refractivity (Wildman–Crippen MR) is 79.2 cm³/mol. The van der Waals surface area contributed by atoms with Gasteiger partial charge in [0.2, 0.25) is 11.7 Å². The number of rotatable bonds is 5. The Morgan fingerprint density at radius 1 is 1.23 bits per heavy atom. The highest BCUT2D eigenvalue weighted by molar-refractivity contribution is 5.94. The van der Waals surface area contributed by atoms with Gasteiger partial charge in [-0.15, -0.1) is 0 Å². The second kappa shape index (κ2) is 6.26. The molecule has 0 atom stereocenters. The fourth-order valence-electron chi connectivity index (χ4n) is 1.95. The van der Waals surface area contributed by atoms with Crippen LogP contribution in [0.4, 0.5) is 0 Å². The summed E-state index contributed by atoms with van der Waals surface area (Å²) in [6.07, 6.45) is 2.01. The van der Waals surface area contributed by atoms with Crippen LogP contribution in [0.15, 0.2) is 51.6 Å². The lowest BCUT2D eigenvalue weighted by Gasteiger charge is -2.03. The number of nitrogens with zero attached hydrogens (tertiary/aromatic N) is 2. The summed E-state index contributed by atoms with van der Waals surface area (Å²) in [5.74, 6) is 1.30. The van der Waals surface area contributed by atoms with E-state index in [0.717, 1.165) is 5.56 Å². The highest BCUT2D eigenvalue weighted by atomic mass is 16.5. The third-order valence-corrected chi connectivity index (χ3v) is 3.15. The lowest BCUT2D eigenvalue weighted by Crippen LogP contribution is -2.25. The van der Waals surface area contributed by atoms with Crippen molar-refractivity contribution in [2.45, 2.75) is 13.3 Å². The lowest BCUT2D eigenvalue weighted by atomic mass is 10.1.